The number of benzene rings is 2. The molecule has 1 aromatic heterocycles. The summed E-state index contributed by atoms with van der Waals surface area (Å²) in [6.45, 7) is 2.03. The van der Waals surface area contributed by atoms with Gasteiger partial charge in [0, 0.05) is 50.7 Å². The van der Waals surface area contributed by atoms with E-state index in [4.69, 9.17) is 0 Å². The third kappa shape index (κ3) is 4.37. The first kappa shape index (κ1) is 20.5. The molecule has 1 aliphatic heterocycles. The second-order valence-electron chi connectivity index (χ2n) is 7.72. The first-order valence-electron chi connectivity index (χ1n) is 10.2. The number of carbonyl (C=O) groups is 1. The molecular formula is C23H24N4O4. The highest BCUT2D eigenvalue weighted by atomic mass is 16.6. The van der Waals surface area contributed by atoms with Crippen LogP contribution in [-0.4, -0.2) is 38.5 Å². The van der Waals surface area contributed by atoms with Gasteiger partial charge >= 0.3 is 0 Å². The van der Waals surface area contributed by atoms with Crippen LogP contribution in [-0.2, 0) is 13.6 Å². The maximum atomic E-state index is 12.9. The van der Waals surface area contributed by atoms with E-state index in [0.29, 0.717) is 12.2 Å². The van der Waals surface area contributed by atoms with E-state index in [2.05, 4.69) is 0 Å². The van der Waals surface area contributed by atoms with Gasteiger partial charge in [0.15, 0.2) is 0 Å². The number of nitro groups is 1. The molecule has 4 rings (SSSR count). The van der Waals surface area contributed by atoms with Gasteiger partial charge in [0.1, 0.15) is 11.4 Å². The minimum Gasteiger partial charge on any atom is -0.508 e. The third-order valence-electron chi connectivity index (χ3n) is 5.56. The SMILES string of the molecule is Cn1cc(N(Cc2ccc(O)cc2)c2ccc([N+](=O)[O-])cc2)cc1C(=O)N1CCCC1. The Morgan fingerprint density at radius 2 is 1.71 bits per heavy atom. The largest absolute Gasteiger partial charge is 0.508 e. The molecule has 2 heterocycles. The van der Waals surface area contributed by atoms with Gasteiger partial charge in [-0.1, -0.05) is 12.1 Å². The predicted molar refractivity (Wildman–Crippen MR) is 118 cm³/mol. The van der Waals surface area contributed by atoms with Crippen LogP contribution < -0.4 is 4.90 Å². The fourth-order valence-electron chi connectivity index (χ4n) is 3.86. The standard InChI is InChI=1S/C23H24N4O4/c1-24-16-20(14-22(24)23(29)25-12-2-3-13-25)26(15-17-4-10-21(28)11-5-17)18-6-8-19(9-7-18)27(30)31/h4-11,14,16,28H,2-3,12-13,15H2,1H3. The molecule has 1 fully saturated rings. The molecule has 3 aromatic rings. The Morgan fingerprint density at radius 1 is 1.06 bits per heavy atom. The van der Waals surface area contributed by atoms with Crippen molar-refractivity contribution in [1.82, 2.24) is 9.47 Å². The summed E-state index contributed by atoms with van der Waals surface area (Å²) in [5.74, 6) is 0.198. The van der Waals surface area contributed by atoms with E-state index in [1.807, 2.05) is 45.8 Å². The number of aromatic hydroxyl groups is 1. The Labute approximate surface area is 180 Å². The van der Waals surface area contributed by atoms with Crippen LogP contribution in [0.2, 0.25) is 0 Å². The summed E-state index contributed by atoms with van der Waals surface area (Å²) in [6.07, 6.45) is 3.95. The first-order chi connectivity index (χ1) is 14.9. The maximum absolute atomic E-state index is 12.9. The van der Waals surface area contributed by atoms with Crippen molar-refractivity contribution in [3.05, 3.63) is 82.2 Å². The molecule has 1 N–H and O–H groups in total. The minimum absolute atomic E-state index is 0.0135. The number of rotatable bonds is 6. The fraction of sp³-hybridized carbons (Fsp3) is 0.261. The van der Waals surface area contributed by atoms with Crippen molar-refractivity contribution in [2.75, 3.05) is 18.0 Å². The topological polar surface area (TPSA) is 91.8 Å². The number of amides is 1. The molecule has 31 heavy (non-hydrogen) atoms. The van der Waals surface area contributed by atoms with Crippen molar-refractivity contribution in [1.29, 1.82) is 0 Å². The lowest BCUT2D eigenvalue weighted by Gasteiger charge is -2.24. The number of anilines is 2. The number of carbonyl (C=O) groups excluding carboxylic acids is 1. The molecular weight excluding hydrogens is 396 g/mol. The number of phenolic OH excluding ortho intramolecular Hbond substituents is 1. The highest BCUT2D eigenvalue weighted by molar-refractivity contribution is 5.94. The van der Waals surface area contributed by atoms with Crippen LogP contribution >= 0.6 is 0 Å². The van der Waals surface area contributed by atoms with Crippen LogP contribution in [0, 0.1) is 10.1 Å². The van der Waals surface area contributed by atoms with Crippen LogP contribution in [0.15, 0.2) is 60.8 Å². The van der Waals surface area contributed by atoms with E-state index >= 15 is 0 Å². The molecule has 0 bridgehead atoms. The maximum Gasteiger partial charge on any atom is 0.270 e. The molecule has 0 aliphatic carbocycles. The number of likely N-dealkylation sites (tertiary alicyclic amines) is 1. The zero-order valence-corrected chi connectivity index (χ0v) is 17.3. The molecule has 0 unspecified atom stereocenters. The van der Waals surface area contributed by atoms with Crippen molar-refractivity contribution in [3.63, 3.8) is 0 Å². The number of aromatic nitrogens is 1. The fourth-order valence-corrected chi connectivity index (χ4v) is 3.86. The van der Waals surface area contributed by atoms with Gasteiger partial charge in [-0.05, 0) is 48.7 Å². The highest BCUT2D eigenvalue weighted by Crippen LogP contribution is 2.31. The third-order valence-corrected chi connectivity index (χ3v) is 5.56. The van der Waals surface area contributed by atoms with E-state index < -0.39 is 4.92 Å². The summed E-state index contributed by atoms with van der Waals surface area (Å²) in [4.78, 5) is 27.4. The van der Waals surface area contributed by atoms with Crippen molar-refractivity contribution in [2.45, 2.75) is 19.4 Å². The summed E-state index contributed by atoms with van der Waals surface area (Å²) < 4.78 is 1.82. The smallest absolute Gasteiger partial charge is 0.270 e. The number of phenols is 1. The summed E-state index contributed by atoms with van der Waals surface area (Å²) in [5, 5.41) is 20.6. The number of nitro benzene ring substituents is 1. The van der Waals surface area contributed by atoms with Gasteiger partial charge in [-0.25, -0.2) is 0 Å². The van der Waals surface area contributed by atoms with Gasteiger partial charge < -0.3 is 19.5 Å². The molecule has 0 saturated carbocycles. The predicted octanol–water partition coefficient (Wildman–Crippen LogP) is 4.21. The lowest BCUT2D eigenvalue weighted by atomic mass is 10.1. The van der Waals surface area contributed by atoms with E-state index in [0.717, 1.165) is 42.9 Å². The Hall–Kier alpha value is -3.81. The zero-order chi connectivity index (χ0) is 22.0. The van der Waals surface area contributed by atoms with E-state index in [1.165, 1.54) is 12.1 Å². The number of aryl methyl sites for hydroxylation is 1. The molecule has 1 saturated heterocycles. The number of hydrogen-bond donors (Lipinski definition) is 1. The van der Waals surface area contributed by atoms with Crippen LogP contribution in [0.25, 0.3) is 0 Å². The van der Waals surface area contributed by atoms with Crippen molar-refractivity contribution in [2.24, 2.45) is 7.05 Å². The molecule has 1 amide bonds. The van der Waals surface area contributed by atoms with Crippen molar-refractivity contribution >= 4 is 23.0 Å². The average molecular weight is 420 g/mol. The monoisotopic (exact) mass is 420 g/mol. The minimum atomic E-state index is -0.427. The van der Waals surface area contributed by atoms with Gasteiger partial charge in [-0.15, -0.1) is 0 Å². The summed E-state index contributed by atoms with van der Waals surface area (Å²) in [5.41, 5.74) is 3.16. The summed E-state index contributed by atoms with van der Waals surface area (Å²) >= 11 is 0. The van der Waals surface area contributed by atoms with Gasteiger partial charge in [0.2, 0.25) is 0 Å². The molecule has 8 nitrogen and oxygen atoms in total. The Morgan fingerprint density at radius 3 is 2.32 bits per heavy atom. The number of non-ortho nitro benzene ring substituents is 1. The molecule has 8 heteroatoms. The van der Waals surface area contributed by atoms with Gasteiger partial charge in [0.25, 0.3) is 11.6 Å². The normalized spacial score (nSPS) is 13.4. The Balaban J connectivity index is 1.69. The Kier molecular flexibility index (Phi) is 5.62. The number of nitrogens with zero attached hydrogens (tertiary/aromatic N) is 4. The van der Waals surface area contributed by atoms with Gasteiger partial charge in [-0.3, -0.25) is 14.9 Å². The molecule has 0 atom stereocenters. The molecule has 0 radical (unpaired) electrons. The molecule has 2 aromatic carbocycles. The van der Waals surface area contributed by atoms with Crippen LogP contribution in [0.3, 0.4) is 0 Å². The molecule has 0 spiro atoms. The molecule has 1 aliphatic rings. The van der Waals surface area contributed by atoms with Crippen molar-refractivity contribution < 1.29 is 14.8 Å². The Bertz CT molecular complexity index is 1080. The van der Waals surface area contributed by atoms with Gasteiger partial charge in [0.05, 0.1) is 10.6 Å². The summed E-state index contributed by atoms with van der Waals surface area (Å²) in [7, 11) is 1.85. The highest BCUT2D eigenvalue weighted by Gasteiger charge is 2.24. The lowest BCUT2D eigenvalue weighted by molar-refractivity contribution is -0.384. The first-order valence-corrected chi connectivity index (χ1v) is 10.2. The van der Waals surface area contributed by atoms with E-state index in [-0.39, 0.29) is 17.3 Å². The van der Waals surface area contributed by atoms with Crippen LogP contribution in [0.1, 0.15) is 28.9 Å². The van der Waals surface area contributed by atoms with Crippen LogP contribution in [0.5, 0.6) is 5.75 Å². The number of hydrogen-bond acceptors (Lipinski definition) is 5. The van der Waals surface area contributed by atoms with E-state index in [1.54, 1.807) is 24.3 Å². The average Bonchev–Trinajstić information content (AvgIpc) is 3.43. The zero-order valence-electron chi connectivity index (χ0n) is 17.3. The molecule has 160 valence electrons. The summed E-state index contributed by atoms with van der Waals surface area (Å²) in [6, 6.07) is 15.1. The second kappa shape index (κ2) is 8.51. The quantitative estimate of drug-likeness (QED) is 0.476. The lowest BCUT2D eigenvalue weighted by Crippen LogP contribution is -2.29. The van der Waals surface area contributed by atoms with E-state index in [9.17, 15) is 20.0 Å². The second-order valence-corrected chi connectivity index (χ2v) is 7.72. The van der Waals surface area contributed by atoms with Gasteiger partial charge in [-0.2, -0.15) is 0 Å². The van der Waals surface area contributed by atoms with Crippen LogP contribution in [0.4, 0.5) is 17.1 Å². The van der Waals surface area contributed by atoms with Crippen molar-refractivity contribution in [3.8, 4) is 5.75 Å².